The minimum Gasteiger partial charge on any atom is -0.481 e. The molecule has 0 heterocycles. The number of primary amides is 1. The number of carboxylic acid groups (broad SMARTS) is 2. The van der Waals surface area contributed by atoms with E-state index in [1.807, 2.05) is 55.4 Å². The summed E-state index contributed by atoms with van der Waals surface area (Å²) in [6.07, 6.45) is -0.828. The van der Waals surface area contributed by atoms with Crippen LogP contribution in [0.5, 0.6) is 0 Å². The Labute approximate surface area is 383 Å². The average Bonchev–Trinajstić information content (AvgIpc) is 3.14. The normalized spacial score (nSPS) is 15.2. The SMILES string of the molecule is CC(C)C[C@H](NC(=O)[C@H](CC(C)C)NC(=O)[C@H](CC(C)C)NC(=O)[C@H](CC(C)C)NC(=O)[C@H](CC(C)C)NC(=O)[C@H](CC(C)C)NC(=O)[C@H](CC(=O)O)NC(=O)[C@@H](N)CC(=O)O)C(N)=O. The molecule has 0 radical (unpaired) electrons. The van der Waals surface area contributed by atoms with Crippen molar-refractivity contribution in [2.24, 2.45) is 47.0 Å². The van der Waals surface area contributed by atoms with Gasteiger partial charge in [0, 0.05) is 0 Å². The summed E-state index contributed by atoms with van der Waals surface area (Å²) >= 11 is 0. The van der Waals surface area contributed by atoms with Gasteiger partial charge in [0.15, 0.2) is 0 Å². The first kappa shape index (κ1) is 59.7. The molecule has 0 aromatic heterocycles. The largest absolute Gasteiger partial charge is 0.481 e. The summed E-state index contributed by atoms with van der Waals surface area (Å²) in [6.45, 7) is 21.9. The number of carboxylic acids is 2. The molecule has 0 bridgehead atoms. The van der Waals surface area contributed by atoms with E-state index in [4.69, 9.17) is 16.6 Å². The zero-order chi connectivity index (χ0) is 50.5. The summed E-state index contributed by atoms with van der Waals surface area (Å²) in [5, 5.41) is 36.6. The van der Waals surface area contributed by atoms with Gasteiger partial charge < -0.3 is 58.9 Å². The monoisotopic (exact) mass is 926 g/mol. The zero-order valence-corrected chi connectivity index (χ0v) is 40.4. The minimum atomic E-state index is -1.74. The van der Waals surface area contributed by atoms with E-state index in [9.17, 15) is 53.1 Å². The van der Waals surface area contributed by atoms with Crippen LogP contribution in [0.3, 0.4) is 0 Å². The van der Waals surface area contributed by atoms with Crippen LogP contribution < -0.4 is 48.7 Å². The van der Waals surface area contributed by atoms with Crippen molar-refractivity contribution in [3.05, 3.63) is 0 Å². The molecule has 372 valence electrons. The summed E-state index contributed by atoms with van der Waals surface area (Å²) < 4.78 is 0. The van der Waals surface area contributed by atoms with E-state index in [1.54, 1.807) is 27.7 Å². The maximum absolute atomic E-state index is 14.1. The standard InChI is InChI=1S/C44H79N9O12/c1-21(2)13-28(37(46)58)47-39(60)29(14-22(3)4)49-40(61)30(15-23(5)6)50-41(62)31(16-24(7)8)51-42(63)32(17-25(9)10)52-43(64)33(18-26(11)12)53-44(65)34(20-36(56)57)48-38(59)27(45)19-35(54)55/h21-34H,13-20,45H2,1-12H3,(H2,46,58)(H,47,60)(H,48,59)(H,49,61)(H,50,62)(H,51,63)(H,52,64)(H,53,65)(H,54,55)(H,56,57)/t27-,28-,29-,30-,31-,32-,33-,34-/m0/s1. The number of carbonyl (C=O) groups is 10. The van der Waals surface area contributed by atoms with Gasteiger partial charge in [0.2, 0.25) is 47.3 Å². The van der Waals surface area contributed by atoms with Gasteiger partial charge in [-0.1, -0.05) is 83.1 Å². The first-order valence-electron chi connectivity index (χ1n) is 22.5. The molecule has 0 unspecified atom stereocenters. The van der Waals surface area contributed by atoms with Crippen LogP contribution in [0.15, 0.2) is 0 Å². The first-order chi connectivity index (χ1) is 29.9. The summed E-state index contributed by atoms with van der Waals surface area (Å²) in [4.78, 5) is 130. The number of carbonyl (C=O) groups excluding carboxylic acids is 8. The first-order valence-corrected chi connectivity index (χ1v) is 22.5. The molecule has 8 atom stereocenters. The van der Waals surface area contributed by atoms with E-state index >= 15 is 0 Å². The Morgan fingerprint density at radius 2 is 0.538 bits per heavy atom. The fourth-order valence-corrected chi connectivity index (χ4v) is 6.81. The van der Waals surface area contributed by atoms with Gasteiger partial charge in [-0.05, 0) is 74.0 Å². The van der Waals surface area contributed by atoms with Crippen molar-refractivity contribution in [2.45, 2.75) is 183 Å². The lowest BCUT2D eigenvalue weighted by atomic mass is 9.97. The zero-order valence-electron chi connectivity index (χ0n) is 40.4. The lowest BCUT2D eigenvalue weighted by molar-refractivity contribution is -0.142. The Morgan fingerprint density at radius 1 is 0.338 bits per heavy atom. The molecule has 0 aliphatic rings. The Kier molecular flexibility index (Phi) is 26.8. The number of hydrogen-bond acceptors (Lipinski definition) is 11. The van der Waals surface area contributed by atoms with Crippen molar-refractivity contribution in [2.75, 3.05) is 0 Å². The summed E-state index contributed by atoms with van der Waals surface area (Å²) in [5.41, 5.74) is 11.2. The van der Waals surface area contributed by atoms with Crippen molar-refractivity contribution in [3.63, 3.8) is 0 Å². The number of aliphatic carboxylic acids is 2. The van der Waals surface area contributed by atoms with Crippen molar-refractivity contribution in [1.82, 2.24) is 37.2 Å². The highest BCUT2D eigenvalue weighted by Crippen LogP contribution is 2.15. The molecule has 0 rings (SSSR count). The molecule has 21 heteroatoms. The number of nitrogens with two attached hydrogens (primary N) is 2. The number of rotatable bonds is 31. The minimum absolute atomic E-state index is 0.0148. The molecule has 8 amide bonds. The third-order valence-corrected chi connectivity index (χ3v) is 9.81. The fourth-order valence-electron chi connectivity index (χ4n) is 6.81. The molecule has 0 saturated carbocycles. The summed E-state index contributed by atoms with van der Waals surface area (Å²) in [5.74, 6) is -9.95. The van der Waals surface area contributed by atoms with E-state index in [1.165, 1.54) is 0 Å². The Hall–Kier alpha value is -5.34. The molecule has 65 heavy (non-hydrogen) atoms. The summed E-state index contributed by atoms with van der Waals surface area (Å²) in [6, 6.07) is -10.3. The van der Waals surface area contributed by atoms with Crippen LogP contribution in [-0.4, -0.2) is 118 Å². The smallest absolute Gasteiger partial charge is 0.305 e. The van der Waals surface area contributed by atoms with Gasteiger partial charge in [-0.25, -0.2) is 0 Å². The highest BCUT2D eigenvalue weighted by molar-refractivity contribution is 5.98. The van der Waals surface area contributed by atoms with Gasteiger partial charge in [0.1, 0.15) is 42.3 Å². The van der Waals surface area contributed by atoms with Gasteiger partial charge in [-0.2, -0.15) is 0 Å². The predicted octanol–water partition coefficient (Wildman–Crippen LogP) is 0.419. The molecule has 0 aliphatic carbocycles. The van der Waals surface area contributed by atoms with Crippen LogP contribution in [0.25, 0.3) is 0 Å². The third-order valence-electron chi connectivity index (χ3n) is 9.81. The van der Waals surface area contributed by atoms with E-state index < -0.39 is 120 Å². The highest BCUT2D eigenvalue weighted by atomic mass is 16.4. The lowest BCUT2D eigenvalue weighted by Crippen LogP contribution is -2.60. The predicted molar refractivity (Wildman–Crippen MR) is 242 cm³/mol. The van der Waals surface area contributed by atoms with E-state index in [0.717, 1.165) is 0 Å². The topological polar surface area (TPSA) is 347 Å². The fraction of sp³-hybridized carbons (Fsp3) is 0.773. The van der Waals surface area contributed by atoms with Gasteiger partial charge >= 0.3 is 11.9 Å². The Balaban J connectivity index is 6.55. The van der Waals surface area contributed by atoms with Gasteiger partial charge in [0.05, 0.1) is 18.9 Å². The van der Waals surface area contributed by atoms with Crippen LogP contribution in [-0.2, 0) is 47.9 Å². The lowest BCUT2D eigenvalue weighted by Gasteiger charge is -2.29. The molecule has 13 N–H and O–H groups in total. The van der Waals surface area contributed by atoms with Crippen molar-refractivity contribution >= 4 is 59.2 Å². The second-order valence-corrected chi connectivity index (χ2v) is 19.4. The number of hydrogen-bond donors (Lipinski definition) is 11. The Morgan fingerprint density at radius 3 is 0.754 bits per heavy atom. The molecule has 0 spiro atoms. The molecule has 0 aromatic carbocycles. The Bertz CT molecular complexity index is 1640. The quantitative estimate of drug-likeness (QED) is 0.0450. The van der Waals surface area contributed by atoms with Crippen LogP contribution in [0.2, 0.25) is 0 Å². The summed E-state index contributed by atoms with van der Waals surface area (Å²) in [7, 11) is 0. The van der Waals surface area contributed by atoms with Crippen LogP contribution in [0.1, 0.15) is 134 Å². The molecular formula is C44H79N9O12. The molecule has 0 aliphatic heterocycles. The third kappa shape index (κ3) is 25.1. The van der Waals surface area contributed by atoms with Gasteiger partial charge in [-0.15, -0.1) is 0 Å². The van der Waals surface area contributed by atoms with Crippen LogP contribution in [0, 0.1) is 35.5 Å². The molecule has 0 saturated heterocycles. The van der Waals surface area contributed by atoms with Gasteiger partial charge in [0.25, 0.3) is 0 Å². The highest BCUT2D eigenvalue weighted by Gasteiger charge is 2.36. The number of amides is 8. The molecule has 0 fully saturated rings. The van der Waals surface area contributed by atoms with Crippen LogP contribution >= 0.6 is 0 Å². The number of nitrogens with one attached hydrogen (secondary N) is 7. The molecule has 21 nitrogen and oxygen atoms in total. The van der Waals surface area contributed by atoms with Gasteiger partial charge in [-0.3, -0.25) is 47.9 Å². The van der Waals surface area contributed by atoms with E-state index in [0.29, 0.717) is 6.42 Å². The van der Waals surface area contributed by atoms with Crippen molar-refractivity contribution in [1.29, 1.82) is 0 Å². The molecular weight excluding hydrogens is 847 g/mol. The second kappa shape index (κ2) is 29.2. The van der Waals surface area contributed by atoms with Crippen molar-refractivity contribution < 1.29 is 58.2 Å². The van der Waals surface area contributed by atoms with E-state index in [-0.39, 0.29) is 67.6 Å². The average molecular weight is 926 g/mol. The van der Waals surface area contributed by atoms with Crippen LogP contribution in [0.4, 0.5) is 0 Å². The maximum atomic E-state index is 14.1. The van der Waals surface area contributed by atoms with E-state index in [2.05, 4.69) is 37.2 Å². The second-order valence-electron chi connectivity index (χ2n) is 19.4. The maximum Gasteiger partial charge on any atom is 0.305 e. The van der Waals surface area contributed by atoms with Crippen molar-refractivity contribution in [3.8, 4) is 0 Å². The molecule has 0 aromatic rings.